The summed E-state index contributed by atoms with van der Waals surface area (Å²) in [6.07, 6.45) is 4.04. The number of anilines is 1. The van der Waals surface area contributed by atoms with E-state index in [-0.39, 0.29) is 17.7 Å². The lowest BCUT2D eigenvalue weighted by molar-refractivity contribution is -0.187. The van der Waals surface area contributed by atoms with Gasteiger partial charge >= 0.3 is 0 Å². The number of aryl methyl sites for hydroxylation is 1. The summed E-state index contributed by atoms with van der Waals surface area (Å²) in [4.78, 5) is 33.7. The number of aromatic nitrogens is 1. The molecule has 1 aromatic carbocycles. The molecule has 2 aromatic rings. The minimum absolute atomic E-state index is 0.122. The van der Waals surface area contributed by atoms with Crippen molar-refractivity contribution in [2.24, 2.45) is 0 Å². The average molecular weight is 458 g/mol. The molecule has 0 bridgehead atoms. The molecule has 2 amide bonds. The smallest absolute Gasteiger partial charge is 0.257 e. The van der Waals surface area contributed by atoms with Crippen molar-refractivity contribution >= 4 is 28.3 Å². The van der Waals surface area contributed by atoms with Gasteiger partial charge in [-0.2, -0.15) is 0 Å². The van der Waals surface area contributed by atoms with Crippen LogP contribution in [0.1, 0.15) is 52.5 Å². The van der Waals surface area contributed by atoms with Gasteiger partial charge in [0, 0.05) is 36.4 Å². The Balaban J connectivity index is 1.26. The highest BCUT2D eigenvalue weighted by Gasteiger charge is 2.42. The van der Waals surface area contributed by atoms with E-state index in [0.29, 0.717) is 55.6 Å². The molecule has 1 atom stereocenters. The third-order valence-electron chi connectivity index (χ3n) is 6.48. The molecule has 1 aromatic heterocycles. The van der Waals surface area contributed by atoms with Gasteiger partial charge in [-0.25, -0.2) is 4.98 Å². The second kappa shape index (κ2) is 8.80. The number of carbonyl (C=O) groups excluding carboxylic acids is 2. The number of hydrogen-bond donors (Lipinski definition) is 1. The monoisotopic (exact) mass is 457 g/mol. The van der Waals surface area contributed by atoms with E-state index in [0.717, 1.165) is 29.8 Å². The normalized spacial score (nSPS) is 21.9. The number of nitrogens with one attached hydrogen (secondary N) is 1. The van der Waals surface area contributed by atoms with Crippen LogP contribution >= 0.6 is 11.3 Å². The largest absolute Gasteiger partial charge is 0.497 e. The molecule has 1 N–H and O–H groups in total. The van der Waals surface area contributed by atoms with Gasteiger partial charge in [0.15, 0.2) is 10.9 Å². The summed E-state index contributed by atoms with van der Waals surface area (Å²) >= 11 is 1.47. The number of fused-ring (bicyclic) bond motifs is 1. The highest BCUT2D eigenvalue weighted by molar-refractivity contribution is 7.16. The van der Waals surface area contributed by atoms with Gasteiger partial charge in [0.1, 0.15) is 5.75 Å². The van der Waals surface area contributed by atoms with Crippen LogP contribution < -0.4 is 10.1 Å². The van der Waals surface area contributed by atoms with E-state index < -0.39 is 5.79 Å². The minimum atomic E-state index is -0.492. The Hall–Kier alpha value is -2.49. The lowest BCUT2D eigenvalue weighted by Gasteiger charge is -2.39. The number of hydrogen-bond acceptors (Lipinski definition) is 7. The Bertz CT molecular complexity index is 990. The molecule has 1 aliphatic carbocycles. The summed E-state index contributed by atoms with van der Waals surface area (Å²) < 4.78 is 16.7. The van der Waals surface area contributed by atoms with Crippen molar-refractivity contribution in [3.8, 4) is 5.75 Å². The summed E-state index contributed by atoms with van der Waals surface area (Å²) in [5, 5.41) is 3.44. The van der Waals surface area contributed by atoms with Crippen LogP contribution in [0.3, 0.4) is 0 Å². The van der Waals surface area contributed by atoms with Crippen LogP contribution in [0.25, 0.3) is 0 Å². The SMILES string of the molecule is COc1ccc(C(=O)Nc2nc3c(s2)CCCC3C(=O)N2CCC3(CC2)OCCO3)cc1. The van der Waals surface area contributed by atoms with Crippen LogP contribution in [0.15, 0.2) is 24.3 Å². The number of likely N-dealkylation sites (tertiary alicyclic amines) is 1. The van der Waals surface area contributed by atoms with Gasteiger partial charge < -0.3 is 19.1 Å². The van der Waals surface area contributed by atoms with Crippen LogP contribution in [-0.2, 0) is 20.7 Å². The van der Waals surface area contributed by atoms with Gasteiger partial charge in [0.2, 0.25) is 5.91 Å². The molecule has 9 heteroatoms. The third kappa shape index (κ3) is 4.12. The summed E-state index contributed by atoms with van der Waals surface area (Å²) in [6, 6.07) is 6.94. The molecule has 2 aliphatic heterocycles. The van der Waals surface area contributed by atoms with Gasteiger partial charge in [-0.05, 0) is 43.5 Å². The number of ether oxygens (including phenoxy) is 3. The fraction of sp³-hybridized carbons (Fsp3) is 0.522. The quantitative estimate of drug-likeness (QED) is 0.759. The van der Waals surface area contributed by atoms with Crippen LogP contribution in [-0.4, -0.2) is 60.9 Å². The Morgan fingerprint density at radius 3 is 2.59 bits per heavy atom. The summed E-state index contributed by atoms with van der Waals surface area (Å²) in [7, 11) is 1.59. The molecule has 2 fully saturated rings. The first-order chi connectivity index (χ1) is 15.6. The van der Waals surface area contributed by atoms with Crippen molar-refractivity contribution in [1.82, 2.24) is 9.88 Å². The molecule has 0 radical (unpaired) electrons. The Kier molecular flexibility index (Phi) is 5.88. The molecule has 3 heterocycles. The maximum atomic E-state index is 13.3. The Morgan fingerprint density at radius 1 is 1.19 bits per heavy atom. The standard InChI is InChI=1S/C23H27N3O5S/c1-29-16-7-5-15(6-8-16)20(27)25-22-24-19-17(3-2-4-18(19)32-22)21(28)26-11-9-23(10-12-26)30-13-14-31-23/h5-8,17H,2-4,9-14H2,1H3,(H,24,25,27). The Morgan fingerprint density at radius 2 is 1.91 bits per heavy atom. The first-order valence-corrected chi connectivity index (χ1v) is 11.9. The van der Waals surface area contributed by atoms with Crippen molar-refractivity contribution in [2.45, 2.75) is 43.8 Å². The molecule has 3 aliphatic rings. The number of thiazole rings is 1. The van der Waals surface area contributed by atoms with Gasteiger partial charge in [-0.1, -0.05) is 0 Å². The van der Waals surface area contributed by atoms with Gasteiger partial charge in [0.25, 0.3) is 5.91 Å². The molecule has 32 heavy (non-hydrogen) atoms. The topological polar surface area (TPSA) is 90.0 Å². The molecular formula is C23H27N3O5S. The van der Waals surface area contributed by atoms with Gasteiger partial charge in [-0.15, -0.1) is 11.3 Å². The van der Waals surface area contributed by atoms with Crippen molar-refractivity contribution in [3.05, 3.63) is 40.4 Å². The lowest BCUT2D eigenvalue weighted by atomic mass is 9.89. The van der Waals surface area contributed by atoms with E-state index in [2.05, 4.69) is 10.3 Å². The first-order valence-electron chi connectivity index (χ1n) is 11.1. The van der Waals surface area contributed by atoms with Crippen LogP contribution in [0, 0.1) is 0 Å². The number of methoxy groups -OCH3 is 1. The number of piperidine rings is 1. The molecule has 5 rings (SSSR count). The van der Waals surface area contributed by atoms with E-state index in [9.17, 15) is 9.59 Å². The molecule has 8 nitrogen and oxygen atoms in total. The number of rotatable bonds is 4. The maximum absolute atomic E-state index is 13.3. The van der Waals surface area contributed by atoms with Crippen molar-refractivity contribution < 1.29 is 23.8 Å². The predicted octanol–water partition coefficient (Wildman–Crippen LogP) is 3.19. The first kappa shape index (κ1) is 21.4. The highest BCUT2D eigenvalue weighted by Crippen LogP contribution is 2.39. The van der Waals surface area contributed by atoms with E-state index in [1.807, 2.05) is 4.90 Å². The number of amides is 2. The highest BCUT2D eigenvalue weighted by atomic mass is 32.1. The van der Waals surface area contributed by atoms with Crippen molar-refractivity contribution in [3.63, 3.8) is 0 Å². The molecular weight excluding hydrogens is 430 g/mol. The zero-order chi connectivity index (χ0) is 22.1. The van der Waals surface area contributed by atoms with E-state index >= 15 is 0 Å². The maximum Gasteiger partial charge on any atom is 0.257 e. The number of carbonyl (C=O) groups is 2. The summed E-state index contributed by atoms with van der Waals surface area (Å²) in [5.41, 5.74) is 1.36. The summed E-state index contributed by atoms with van der Waals surface area (Å²) in [5.74, 6) is -0.145. The number of benzene rings is 1. The second-order valence-electron chi connectivity index (χ2n) is 8.39. The van der Waals surface area contributed by atoms with E-state index in [4.69, 9.17) is 14.2 Å². The predicted molar refractivity (Wildman–Crippen MR) is 119 cm³/mol. The van der Waals surface area contributed by atoms with Crippen LogP contribution in [0.4, 0.5) is 5.13 Å². The van der Waals surface area contributed by atoms with Crippen molar-refractivity contribution in [2.75, 3.05) is 38.7 Å². The van der Waals surface area contributed by atoms with E-state index in [1.54, 1.807) is 31.4 Å². The Labute approximate surface area is 190 Å². The average Bonchev–Trinajstić information content (AvgIpc) is 3.45. The zero-order valence-corrected chi connectivity index (χ0v) is 18.9. The zero-order valence-electron chi connectivity index (χ0n) is 18.1. The minimum Gasteiger partial charge on any atom is -0.497 e. The fourth-order valence-corrected chi connectivity index (χ4v) is 5.76. The molecule has 2 saturated heterocycles. The number of nitrogens with zero attached hydrogens (tertiary/aromatic N) is 2. The van der Waals surface area contributed by atoms with Crippen LogP contribution in [0.5, 0.6) is 5.75 Å². The van der Waals surface area contributed by atoms with Crippen molar-refractivity contribution in [1.29, 1.82) is 0 Å². The van der Waals surface area contributed by atoms with Gasteiger partial charge in [0.05, 0.1) is 31.9 Å². The van der Waals surface area contributed by atoms with E-state index in [1.165, 1.54) is 11.3 Å². The summed E-state index contributed by atoms with van der Waals surface area (Å²) in [6.45, 7) is 2.53. The molecule has 0 saturated carbocycles. The second-order valence-corrected chi connectivity index (χ2v) is 9.47. The molecule has 170 valence electrons. The van der Waals surface area contributed by atoms with Gasteiger partial charge in [-0.3, -0.25) is 14.9 Å². The molecule has 1 spiro atoms. The lowest BCUT2D eigenvalue weighted by Crippen LogP contribution is -2.48. The van der Waals surface area contributed by atoms with Crippen LogP contribution in [0.2, 0.25) is 0 Å². The third-order valence-corrected chi connectivity index (χ3v) is 7.52. The molecule has 1 unspecified atom stereocenters. The fourth-order valence-electron chi connectivity index (χ4n) is 4.70.